The highest BCUT2D eigenvalue weighted by Gasteiger charge is 2.14. The molecule has 3 aromatic rings. The molecule has 3 heterocycles. The molecule has 32 heavy (non-hydrogen) atoms. The van der Waals surface area contributed by atoms with E-state index in [0.717, 1.165) is 22.9 Å². The van der Waals surface area contributed by atoms with Crippen LogP contribution in [-0.2, 0) is 26.6 Å². The van der Waals surface area contributed by atoms with Gasteiger partial charge in [-0.25, -0.2) is 9.37 Å². The summed E-state index contributed by atoms with van der Waals surface area (Å²) in [5.74, 6) is 0.0469. The first-order chi connectivity index (χ1) is 15.5. The number of carbonyl (C=O) groups excluding carboxylic acids is 1. The zero-order valence-electron chi connectivity index (χ0n) is 18.8. The lowest BCUT2D eigenvalue weighted by Crippen LogP contribution is -2.26. The Morgan fingerprint density at radius 1 is 1.28 bits per heavy atom. The number of amides is 1. The van der Waals surface area contributed by atoms with E-state index in [4.69, 9.17) is 0 Å². The minimum absolute atomic E-state index is 0.00676. The van der Waals surface area contributed by atoms with Gasteiger partial charge in [0.1, 0.15) is 17.3 Å². The van der Waals surface area contributed by atoms with Crippen LogP contribution in [0.3, 0.4) is 0 Å². The van der Waals surface area contributed by atoms with Crippen LogP contribution < -0.4 is 10.6 Å². The second-order valence-corrected chi connectivity index (χ2v) is 6.58. The van der Waals surface area contributed by atoms with Gasteiger partial charge in [-0.3, -0.25) is 14.5 Å². The first-order valence-electron chi connectivity index (χ1n) is 10.5. The summed E-state index contributed by atoms with van der Waals surface area (Å²) in [6.45, 7) is 12.7. The number of carbonyl (C=O) groups is 1. The fraction of sp³-hybridized carbons (Fsp3) is 0.304. The largest absolute Gasteiger partial charge is 0.345 e. The van der Waals surface area contributed by atoms with Crippen molar-refractivity contribution < 1.29 is 9.18 Å². The van der Waals surface area contributed by atoms with Gasteiger partial charge in [0.05, 0.1) is 29.3 Å². The van der Waals surface area contributed by atoms with E-state index < -0.39 is 5.82 Å². The molecule has 0 aromatic carbocycles. The van der Waals surface area contributed by atoms with Crippen LogP contribution in [0.1, 0.15) is 52.9 Å². The quantitative estimate of drug-likeness (QED) is 0.421. The molecule has 3 aromatic heterocycles. The predicted molar refractivity (Wildman–Crippen MR) is 124 cm³/mol. The SMILES string of the molecule is C=Cc1nc(CCNCc2cc(C(=O)NCc3ncccc3F)n(C)n2)[nH]c1C=C.CC. The molecule has 1 amide bonds. The fourth-order valence-corrected chi connectivity index (χ4v) is 2.93. The van der Waals surface area contributed by atoms with Crippen molar-refractivity contribution >= 4 is 18.1 Å². The molecule has 0 unspecified atom stereocenters. The molecule has 0 aliphatic heterocycles. The Labute approximate surface area is 187 Å². The van der Waals surface area contributed by atoms with E-state index in [9.17, 15) is 9.18 Å². The number of nitrogens with one attached hydrogen (secondary N) is 3. The lowest BCUT2D eigenvalue weighted by Gasteiger charge is -2.05. The van der Waals surface area contributed by atoms with Crippen molar-refractivity contribution in [3.8, 4) is 0 Å². The number of aromatic nitrogens is 5. The number of halogens is 1. The Kier molecular flexibility index (Phi) is 9.49. The molecule has 3 rings (SSSR count). The molecule has 0 atom stereocenters. The van der Waals surface area contributed by atoms with Crippen LogP contribution in [0.4, 0.5) is 4.39 Å². The molecule has 0 saturated carbocycles. The summed E-state index contributed by atoms with van der Waals surface area (Å²) in [6, 6.07) is 4.51. The van der Waals surface area contributed by atoms with Crippen molar-refractivity contribution in [1.82, 2.24) is 35.4 Å². The predicted octanol–water partition coefficient (Wildman–Crippen LogP) is 3.25. The topological polar surface area (TPSA) is 101 Å². The van der Waals surface area contributed by atoms with E-state index in [1.54, 1.807) is 25.3 Å². The van der Waals surface area contributed by atoms with E-state index in [-0.39, 0.29) is 18.1 Å². The number of imidazole rings is 1. The number of aryl methyl sites for hydroxylation is 1. The van der Waals surface area contributed by atoms with Crippen molar-refractivity contribution in [2.75, 3.05) is 6.54 Å². The smallest absolute Gasteiger partial charge is 0.269 e. The Hall–Kier alpha value is -3.59. The maximum absolute atomic E-state index is 13.6. The van der Waals surface area contributed by atoms with E-state index in [1.807, 2.05) is 13.8 Å². The van der Waals surface area contributed by atoms with Crippen LogP contribution in [0.25, 0.3) is 12.2 Å². The van der Waals surface area contributed by atoms with E-state index in [1.165, 1.54) is 23.0 Å². The van der Waals surface area contributed by atoms with Crippen LogP contribution in [0.2, 0.25) is 0 Å². The summed E-state index contributed by atoms with van der Waals surface area (Å²) in [5, 5.41) is 10.3. The summed E-state index contributed by atoms with van der Waals surface area (Å²) in [6.07, 6.45) is 5.58. The highest BCUT2D eigenvalue weighted by Crippen LogP contribution is 2.09. The number of pyridine rings is 1. The minimum Gasteiger partial charge on any atom is -0.345 e. The van der Waals surface area contributed by atoms with Gasteiger partial charge >= 0.3 is 0 Å². The Balaban J connectivity index is 0.00000176. The van der Waals surface area contributed by atoms with Gasteiger partial charge in [0.2, 0.25) is 0 Å². The van der Waals surface area contributed by atoms with Gasteiger partial charge in [-0.15, -0.1) is 0 Å². The number of hydrogen-bond acceptors (Lipinski definition) is 5. The molecule has 170 valence electrons. The second-order valence-electron chi connectivity index (χ2n) is 6.58. The first kappa shape index (κ1) is 24.7. The third-order valence-electron chi connectivity index (χ3n) is 4.47. The lowest BCUT2D eigenvalue weighted by molar-refractivity contribution is 0.0940. The minimum atomic E-state index is -0.454. The van der Waals surface area contributed by atoms with E-state index in [0.29, 0.717) is 25.2 Å². The van der Waals surface area contributed by atoms with Crippen LogP contribution in [0.5, 0.6) is 0 Å². The highest BCUT2D eigenvalue weighted by molar-refractivity contribution is 5.92. The molecular formula is C23H30FN7O. The second kappa shape index (κ2) is 12.3. The number of hydrogen-bond donors (Lipinski definition) is 3. The average molecular weight is 440 g/mol. The van der Waals surface area contributed by atoms with Crippen LogP contribution in [0, 0.1) is 5.82 Å². The van der Waals surface area contributed by atoms with Gasteiger partial charge in [0, 0.05) is 32.8 Å². The van der Waals surface area contributed by atoms with Crippen molar-refractivity contribution in [2.24, 2.45) is 7.05 Å². The van der Waals surface area contributed by atoms with E-state index >= 15 is 0 Å². The standard InChI is InChI=1S/C21H24FN7O.C2H6/c1-4-16-17(5-2)27-20(26-16)8-10-23-12-14-11-19(29(3)28-14)21(30)25-13-18-15(22)7-6-9-24-18;1-2/h4-7,9,11,23H,1-2,8,10,12-13H2,3H3,(H,25,30)(H,26,27);1-2H3. The molecule has 0 bridgehead atoms. The summed E-state index contributed by atoms with van der Waals surface area (Å²) >= 11 is 0. The summed E-state index contributed by atoms with van der Waals surface area (Å²) in [5.41, 5.74) is 2.94. The number of H-pyrrole nitrogens is 1. The summed E-state index contributed by atoms with van der Waals surface area (Å²) in [7, 11) is 1.69. The third-order valence-corrected chi connectivity index (χ3v) is 4.47. The molecular weight excluding hydrogens is 409 g/mol. The molecule has 0 saturated heterocycles. The first-order valence-corrected chi connectivity index (χ1v) is 10.5. The maximum atomic E-state index is 13.6. The Morgan fingerprint density at radius 2 is 2.06 bits per heavy atom. The van der Waals surface area contributed by atoms with Gasteiger partial charge < -0.3 is 15.6 Å². The van der Waals surface area contributed by atoms with Crippen molar-refractivity contribution in [3.05, 3.63) is 77.7 Å². The van der Waals surface area contributed by atoms with Crippen LogP contribution in [0.15, 0.2) is 37.6 Å². The monoisotopic (exact) mass is 439 g/mol. The zero-order valence-corrected chi connectivity index (χ0v) is 18.8. The summed E-state index contributed by atoms with van der Waals surface area (Å²) in [4.78, 5) is 24.0. The molecule has 0 aliphatic carbocycles. The number of aromatic amines is 1. The number of nitrogens with zero attached hydrogens (tertiary/aromatic N) is 4. The average Bonchev–Trinajstić information content (AvgIpc) is 3.39. The van der Waals surface area contributed by atoms with Gasteiger partial charge in [-0.1, -0.05) is 27.0 Å². The van der Waals surface area contributed by atoms with Crippen LogP contribution in [-0.4, -0.2) is 37.2 Å². The normalized spacial score (nSPS) is 10.2. The van der Waals surface area contributed by atoms with Gasteiger partial charge in [-0.05, 0) is 30.4 Å². The fourth-order valence-electron chi connectivity index (χ4n) is 2.93. The number of rotatable bonds is 10. The third kappa shape index (κ3) is 6.45. The lowest BCUT2D eigenvalue weighted by atomic mass is 10.3. The molecule has 0 spiro atoms. The van der Waals surface area contributed by atoms with Gasteiger partial charge in [-0.2, -0.15) is 5.10 Å². The van der Waals surface area contributed by atoms with Gasteiger partial charge in [0.15, 0.2) is 0 Å². The highest BCUT2D eigenvalue weighted by atomic mass is 19.1. The molecule has 9 heteroatoms. The molecule has 3 N–H and O–H groups in total. The Morgan fingerprint density at radius 3 is 2.72 bits per heavy atom. The van der Waals surface area contributed by atoms with Crippen molar-refractivity contribution in [3.63, 3.8) is 0 Å². The van der Waals surface area contributed by atoms with Crippen molar-refractivity contribution in [1.29, 1.82) is 0 Å². The molecule has 0 radical (unpaired) electrons. The maximum Gasteiger partial charge on any atom is 0.269 e. The molecule has 8 nitrogen and oxygen atoms in total. The van der Waals surface area contributed by atoms with Crippen LogP contribution >= 0.6 is 0 Å². The Bertz CT molecular complexity index is 1030. The van der Waals surface area contributed by atoms with Crippen molar-refractivity contribution in [2.45, 2.75) is 33.4 Å². The van der Waals surface area contributed by atoms with Gasteiger partial charge in [0.25, 0.3) is 5.91 Å². The molecule has 0 aliphatic rings. The summed E-state index contributed by atoms with van der Waals surface area (Å²) < 4.78 is 15.1. The molecule has 0 fully saturated rings. The zero-order chi connectivity index (χ0) is 23.5. The van der Waals surface area contributed by atoms with E-state index in [2.05, 4.69) is 43.8 Å².